The largest absolute Gasteiger partial charge is 0.493 e. The van der Waals surface area contributed by atoms with E-state index < -0.39 is 5.92 Å². The van der Waals surface area contributed by atoms with Crippen LogP contribution in [-0.4, -0.2) is 19.5 Å². The van der Waals surface area contributed by atoms with E-state index in [9.17, 15) is 10.1 Å². The second kappa shape index (κ2) is 7.52. The van der Waals surface area contributed by atoms with E-state index in [1.807, 2.05) is 13.0 Å². The van der Waals surface area contributed by atoms with Crippen LogP contribution >= 0.6 is 0 Å². The maximum Gasteiger partial charge on any atom is 0.205 e. The molecule has 2 aliphatic rings. The first kappa shape index (κ1) is 17.9. The molecule has 0 unspecified atom stereocenters. The van der Waals surface area contributed by atoms with E-state index in [0.717, 1.165) is 18.4 Å². The molecule has 1 aromatic carbocycles. The number of hydrogen-bond acceptors (Lipinski definition) is 6. The maximum absolute atomic E-state index is 12.6. The lowest BCUT2D eigenvalue weighted by atomic mass is 9.77. The van der Waals surface area contributed by atoms with Gasteiger partial charge in [0.2, 0.25) is 5.88 Å². The Labute approximate surface area is 152 Å². The number of carbonyl (C=O) groups excluding carboxylic acids is 1. The van der Waals surface area contributed by atoms with Crippen molar-refractivity contribution in [2.24, 2.45) is 5.73 Å². The Morgan fingerprint density at radius 2 is 2.15 bits per heavy atom. The van der Waals surface area contributed by atoms with E-state index in [1.54, 1.807) is 19.2 Å². The van der Waals surface area contributed by atoms with Crippen LogP contribution in [-0.2, 0) is 9.53 Å². The zero-order valence-corrected chi connectivity index (χ0v) is 15.0. The van der Waals surface area contributed by atoms with E-state index >= 15 is 0 Å². The molecule has 0 radical (unpaired) electrons. The van der Waals surface area contributed by atoms with Crippen LogP contribution in [0.3, 0.4) is 0 Å². The molecule has 1 atom stereocenters. The van der Waals surface area contributed by atoms with E-state index in [2.05, 4.69) is 6.07 Å². The van der Waals surface area contributed by atoms with Crippen LogP contribution in [0.15, 0.2) is 41.0 Å². The molecule has 6 heteroatoms. The number of nitrogens with zero attached hydrogens (tertiary/aromatic N) is 1. The monoisotopic (exact) mass is 354 g/mol. The zero-order chi connectivity index (χ0) is 18.7. The van der Waals surface area contributed by atoms with Crippen LogP contribution in [0.2, 0.25) is 0 Å². The number of nitrogens with two attached hydrogens (primary N) is 1. The number of rotatable bonds is 5. The van der Waals surface area contributed by atoms with E-state index in [1.165, 1.54) is 0 Å². The van der Waals surface area contributed by atoms with Crippen molar-refractivity contribution in [3.05, 3.63) is 46.6 Å². The van der Waals surface area contributed by atoms with E-state index in [4.69, 9.17) is 19.9 Å². The summed E-state index contributed by atoms with van der Waals surface area (Å²) in [7, 11) is 1.56. The lowest BCUT2D eigenvalue weighted by molar-refractivity contribution is -0.116. The summed E-state index contributed by atoms with van der Waals surface area (Å²) < 4.78 is 16.7. The number of hydrogen-bond donors (Lipinski definition) is 1. The van der Waals surface area contributed by atoms with Gasteiger partial charge in [0.1, 0.15) is 17.4 Å². The summed E-state index contributed by atoms with van der Waals surface area (Å²) in [5.41, 5.74) is 7.52. The number of methoxy groups -OCH3 is 1. The van der Waals surface area contributed by atoms with Gasteiger partial charge in [-0.2, -0.15) is 5.26 Å². The molecule has 0 saturated carbocycles. The highest BCUT2D eigenvalue weighted by molar-refractivity contribution is 5.99. The van der Waals surface area contributed by atoms with E-state index in [0.29, 0.717) is 42.3 Å². The molecule has 0 fully saturated rings. The second-order valence-corrected chi connectivity index (χ2v) is 6.30. The van der Waals surface area contributed by atoms with Gasteiger partial charge in [-0.25, -0.2) is 0 Å². The smallest absolute Gasteiger partial charge is 0.205 e. The summed E-state index contributed by atoms with van der Waals surface area (Å²) in [6.45, 7) is 2.61. The lowest BCUT2D eigenvalue weighted by Crippen LogP contribution is -2.27. The van der Waals surface area contributed by atoms with Gasteiger partial charge in [0.05, 0.1) is 19.6 Å². The molecule has 0 amide bonds. The number of allylic oxidation sites excluding steroid dienone is 3. The summed E-state index contributed by atoms with van der Waals surface area (Å²) in [6, 6.07) is 7.57. The van der Waals surface area contributed by atoms with Crippen molar-refractivity contribution in [1.82, 2.24) is 0 Å². The Balaban J connectivity index is 2.09. The molecule has 0 saturated heterocycles. The Morgan fingerprint density at radius 3 is 2.85 bits per heavy atom. The minimum absolute atomic E-state index is 0.00164. The molecule has 2 N–H and O–H groups in total. The van der Waals surface area contributed by atoms with Crippen LogP contribution in [0.5, 0.6) is 11.5 Å². The average molecular weight is 354 g/mol. The fraction of sp³-hybridized carbons (Fsp3) is 0.400. The highest BCUT2D eigenvalue weighted by atomic mass is 16.5. The van der Waals surface area contributed by atoms with Crippen molar-refractivity contribution >= 4 is 5.78 Å². The van der Waals surface area contributed by atoms with Crippen molar-refractivity contribution in [3.8, 4) is 17.6 Å². The molecule has 136 valence electrons. The van der Waals surface area contributed by atoms with Crippen LogP contribution in [0.4, 0.5) is 0 Å². The molecule has 6 nitrogen and oxygen atoms in total. The van der Waals surface area contributed by atoms with Crippen molar-refractivity contribution < 1.29 is 19.0 Å². The third-order valence-corrected chi connectivity index (χ3v) is 4.59. The molecule has 26 heavy (non-hydrogen) atoms. The fourth-order valence-electron chi connectivity index (χ4n) is 3.38. The quantitative estimate of drug-likeness (QED) is 0.872. The van der Waals surface area contributed by atoms with Gasteiger partial charge in [-0.05, 0) is 30.5 Å². The van der Waals surface area contributed by atoms with Gasteiger partial charge in [0.25, 0.3) is 0 Å². The minimum atomic E-state index is -0.536. The lowest BCUT2D eigenvalue weighted by Gasteiger charge is -2.31. The number of carbonyl (C=O) groups is 1. The summed E-state index contributed by atoms with van der Waals surface area (Å²) in [5, 5.41) is 9.61. The van der Waals surface area contributed by atoms with Crippen LogP contribution in [0, 0.1) is 11.3 Å². The SMILES string of the molecule is CCCOc1ccc([C@@H]2C(C#N)=C(N)OC3=C2C(=O)CCC3)cc1OC. The van der Waals surface area contributed by atoms with Crippen molar-refractivity contribution in [2.75, 3.05) is 13.7 Å². The summed E-state index contributed by atoms with van der Waals surface area (Å²) in [5.74, 6) is 1.30. The summed E-state index contributed by atoms with van der Waals surface area (Å²) in [4.78, 5) is 12.6. The van der Waals surface area contributed by atoms with Crippen molar-refractivity contribution in [1.29, 1.82) is 5.26 Å². The minimum Gasteiger partial charge on any atom is -0.493 e. The molecule has 1 aliphatic carbocycles. The first-order chi connectivity index (χ1) is 12.6. The third kappa shape index (κ3) is 3.13. The molecule has 0 spiro atoms. The highest BCUT2D eigenvalue weighted by Crippen LogP contribution is 2.44. The maximum atomic E-state index is 12.6. The zero-order valence-electron chi connectivity index (χ0n) is 15.0. The Kier molecular flexibility index (Phi) is 5.17. The van der Waals surface area contributed by atoms with Crippen LogP contribution in [0.1, 0.15) is 44.1 Å². The normalized spacial score (nSPS) is 19.6. The number of benzene rings is 1. The van der Waals surface area contributed by atoms with Gasteiger partial charge in [-0.3, -0.25) is 4.79 Å². The molecular weight excluding hydrogens is 332 g/mol. The highest BCUT2D eigenvalue weighted by Gasteiger charge is 2.38. The first-order valence-corrected chi connectivity index (χ1v) is 8.75. The number of ether oxygens (including phenoxy) is 3. The molecular formula is C20H22N2O4. The van der Waals surface area contributed by atoms with E-state index in [-0.39, 0.29) is 17.2 Å². The third-order valence-electron chi connectivity index (χ3n) is 4.59. The number of nitriles is 1. The molecule has 1 heterocycles. The predicted octanol–water partition coefficient (Wildman–Crippen LogP) is 3.30. The van der Waals surface area contributed by atoms with Crippen LogP contribution < -0.4 is 15.2 Å². The molecule has 1 aromatic rings. The fourth-order valence-corrected chi connectivity index (χ4v) is 3.38. The predicted molar refractivity (Wildman–Crippen MR) is 95.3 cm³/mol. The molecule has 3 rings (SSSR count). The Bertz CT molecular complexity index is 833. The van der Waals surface area contributed by atoms with Gasteiger partial charge in [-0.1, -0.05) is 13.0 Å². The molecule has 0 aromatic heterocycles. The van der Waals surface area contributed by atoms with Crippen molar-refractivity contribution in [2.45, 2.75) is 38.5 Å². The molecule has 0 bridgehead atoms. The van der Waals surface area contributed by atoms with Crippen LogP contribution in [0.25, 0.3) is 0 Å². The summed E-state index contributed by atoms with van der Waals surface area (Å²) in [6.07, 6.45) is 2.71. The topological polar surface area (TPSA) is 94.6 Å². The van der Waals surface area contributed by atoms with Crippen molar-refractivity contribution in [3.63, 3.8) is 0 Å². The average Bonchev–Trinajstić information content (AvgIpc) is 2.65. The second-order valence-electron chi connectivity index (χ2n) is 6.30. The van der Waals surface area contributed by atoms with Gasteiger partial charge in [-0.15, -0.1) is 0 Å². The van der Waals surface area contributed by atoms with Gasteiger partial charge >= 0.3 is 0 Å². The van der Waals surface area contributed by atoms with Gasteiger partial charge in [0, 0.05) is 18.4 Å². The summed E-state index contributed by atoms with van der Waals surface area (Å²) >= 11 is 0. The number of Topliss-reactive ketones (excluding diaryl/α,β-unsaturated/α-hetero) is 1. The standard InChI is InChI=1S/C20H22N2O4/c1-3-9-25-15-8-7-12(10-17(15)24-2)18-13(11-21)20(22)26-16-6-4-5-14(23)19(16)18/h7-8,10,18H,3-6,9,22H2,1-2H3/t18-/m1/s1. The first-order valence-electron chi connectivity index (χ1n) is 8.75. The van der Waals surface area contributed by atoms with Gasteiger partial charge in [0.15, 0.2) is 17.3 Å². The Hall–Kier alpha value is -2.94. The number of ketones is 1. The van der Waals surface area contributed by atoms with Gasteiger partial charge < -0.3 is 19.9 Å². The molecule has 1 aliphatic heterocycles. The Morgan fingerprint density at radius 1 is 1.35 bits per heavy atom.